The smallest absolute Gasteiger partial charge is 0.324 e. The Kier molecular flexibility index (Phi) is 7.74. The predicted molar refractivity (Wildman–Crippen MR) is 161 cm³/mol. The third-order valence-corrected chi connectivity index (χ3v) is 11.2. The number of aliphatic hydroxyl groups excluding tert-OH is 2. The molecule has 0 saturated carbocycles. The van der Waals surface area contributed by atoms with Crippen LogP contribution in [0.2, 0.25) is 0 Å². The highest BCUT2D eigenvalue weighted by Gasteiger charge is 2.52. The SMILES string of the molecule is Nc1nc2c(ncn2C2OC3COP(=O)(S)NC4C(COP(=O)(S)NC3C2O)OC(n2cnc3c(N)ncnc32)C4O)c(=O)[nH]1. The number of hydrogen-bond acceptors (Lipinski definition) is 16. The molecule has 10 unspecified atom stereocenters. The van der Waals surface area contributed by atoms with E-state index in [4.69, 9.17) is 30.0 Å². The van der Waals surface area contributed by atoms with E-state index in [1.165, 1.54) is 28.1 Å². The second-order valence-electron chi connectivity index (χ2n) is 10.4. The van der Waals surface area contributed by atoms with Gasteiger partial charge in [0.1, 0.15) is 36.3 Å². The van der Waals surface area contributed by atoms with E-state index < -0.39 is 81.2 Å². The number of nitrogen functional groups attached to an aromatic ring is 2. The number of rotatable bonds is 2. The molecule has 3 aliphatic heterocycles. The molecule has 25 heteroatoms. The van der Waals surface area contributed by atoms with Crippen LogP contribution in [-0.4, -0.2) is 99.0 Å². The fourth-order valence-corrected chi connectivity index (χ4v) is 8.97. The second kappa shape index (κ2) is 11.2. The summed E-state index contributed by atoms with van der Waals surface area (Å²) in [6.07, 6.45) is -3.65. The van der Waals surface area contributed by atoms with Gasteiger partial charge in [-0.2, -0.15) is 4.98 Å². The summed E-state index contributed by atoms with van der Waals surface area (Å²) in [4.78, 5) is 35.0. The lowest BCUT2D eigenvalue weighted by Gasteiger charge is -2.30. The quantitative estimate of drug-likeness (QED) is 0.0863. The number of aromatic nitrogens is 8. The maximum Gasteiger partial charge on any atom is 0.324 e. The van der Waals surface area contributed by atoms with E-state index in [9.17, 15) is 24.1 Å². The minimum absolute atomic E-state index is 0.0127. The number of ether oxygens (including phenoxy) is 2. The molecular formula is C20H26N12O9P2S2. The first-order valence-corrected chi connectivity index (χ1v) is 18.7. The van der Waals surface area contributed by atoms with E-state index in [-0.39, 0.29) is 34.1 Å². The zero-order valence-electron chi connectivity index (χ0n) is 22.6. The Morgan fingerprint density at radius 2 is 1.38 bits per heavy atom. The second-order valence-corrected chi connectivity index (χ2v) is 16.7. The van der Waals surface area contributed by atoms with Crippen LogP contribution in [0.25, 0.3) is 22.3 Å². The lowest BCUT2D eigenvalue weighted by atomic mass is 10.1. The van der Waals surface area contributed by atoms with Gasteiger partial charge in [0.15, 0.2) is 35.1 Å². The molecule has 45 heavy (non-hydrogen) atoms. The Balaban J connectivity index is 1.17. The highest BCUT2D eigenvalue weighted by molar-refractivity contribution is 8.45. The topological polar surface area (TPSA) is 295 Å². The van der Waals surface area contributed by atoms with Crippen LogP contribution in [0.1, 0.15) is 12.5 Å². The van der Waals surface area contributed by atoms with Gasteiger partial charge in [-0.1, -0.05) is 24.5 Å². The number of aromatic amines is 1. The molecule has 0 spiro atoms. The van der Waals surface area contributed by atoms with Crippen molar-refractivity contribution in [3.63, 3.8) is 0 Å². The predicted octanol–water partition coefficient (Wildman–Crippen LogP) is -1.32. The molecule has 3 saturated heterocycles. The first kappa shape index (κ1) is 31.0. The lowest BCUT2D eigenvalue weighted by molar-refractivity contribution is -0.0464. The molecule has 9 N–H and O–H groups in total. The van der Waals surface area contributed by atoms with Crippen molar-refractivity contribution >= 4 is 72.0 Å². The highest BCUT2D eigenvalue weighted by atomic mass is 32.7. The monoisotopic (exact) mass is 704 g/mol. The van der Waals surface area contributed by atoms with Crippen LogP contribution in [0.15, 0.2) is 23.8 Å². The number of nitrogens with two attached hydrogens (primary N) is 2. The van der Waals surface area contributed by atoms with Gasteiger partial charge < -0.3 is 40.2 Å². The number of nitrogens with zero attached hydrogens (tertiary/aromatic N) is 7. The van der Waals surface area contributed by atoms with E-state index in [0.29, 0.717) is 0 Å². The first-order chi connectivity index (χ1) is 21.3. The van der Waals surface area contributed by atoms with E-state index in [1.807, 2.05) is 0 Å². The van der Waals surface area contributed by atoms with Gasteiger partial charge in [-0.3, -0.25) is 28.0 Å². The van der Waals surface area contributed by atoms with Gasteiger partial charge in [0.2, 0.25) is 5.95 Å². The van der Waals surface area contributed by atoms with Crippen molar-refractivity contribution < 1.29 is 37.9 Å². The molecule has 7 heterocycles. The number of H-pyrrole nitrogens is 1. The summed E-state index contributed by atoms with van der Waals surface area (Å²) in [7, 11) is 0. The summed E-state index contributed by atoms with van der Waals surface area (Å²) in [6.45, 7) is -8.97. The molecule has 4 aromatic heterocycles. The van der Waals surface area contributed by atoms with Gasteiger partial charge in [0.05, 0.1) is 38.0 Å². The number of hydrogen-bond donors (Lipinski definition) is 9. The molecule has 0 amide bonds. The van der Waals surface area contributed by atoms with Gasteiger partial charge in [-0.25, -0.2) is 30.1 Å². The lowest BCUT2D eigenvalue weighted by Crippen LogP contribution is -2.47. The van der Waals surface area contributed by atoms with Crippen LogP contribution in [0, 0.1) is 0 Å². The van der Waals surface area contributed by atoms with Crippen molar-refractivity contribution in [2.24, 2.45) is 0 Å². The maximum absolute atomic E-state index is 13.5. The normalized spacial score (nSPS) is 37.7. The third-order valence-electron chi connectivity index (χ3n) is 7.59. The fraction of sp³-hybridized carbons (Fsp3) is 0.500. The molecule has 0 aromatic carbocycles. The summed E-state index contributed by atoms with van der Waals surface area (Å²) < 4.78 is 53.1. The number of nitrogens with one attached hydrogen (secondary N) is 3. The minimum atomic E-state index is -4.04. The van der Waals surface area contributed by atoms with E-state index in [2.05, 4.69) is 64.6 Å². The van der Waals surface area contributed by atoms with Crippen LogP contribution in [0.5, 0.6) is 0 Å². The van der Waals surface area contributed by atoms with Crippen molar-refractivity contribution in [3.05, 3.63) is 29.3 Å². The Morgan fingerprint density at radius 3 is 1.96 bits per heavy atom. The zero-order chi connectivity index (χ0) is 31.8. The highest BCUT2D eigenvalue weighted by Crippen LogP contribution is 2.54. The Labute approximate surface area is 261 Å². The largest absolute Gasteiger partial charge is 0.387 e. The van der Waals surface area contributed by atoms with Crippen molar-refractivity contribution in [2.45, 2.75) is 49.0 Å². The molecule has 3 fully saturated rings. The van der Waals surface area contributed by atoms with Gasteiger partial charge in [-0.15, -0.1) is 0 Å². The molecule has 4 aromatic rings. The Hall–Kier alpha value is -2.66. The van der Waals surface area contributed by atoms with Crippen LogP contribution in [0.3, 0.4) is 0 Å². The number of anilines is 2. The van der Waals surface area contributed by atoms with Gasteiger partial charge in [-0.05, 0) is 0 Å². The summed E-state index contributed by atoms with van der Waals surface area (Å²) in [6, 6.07) is -2.31. The van der Waals surface area contributed by atoms with E-state index >= 15 is 0 Å². The molecule has 10 atom stereocenters. The third kappa shape index (κ3) is 5.55. The molecule has 7 rings (SSSR count). The van der Waals surface area contributed by atoms with Gasteiger partial charge in [0.25, 0.3) is 5.56 Å². The fourth-order valence-electron chi connectivity index (χ4n) is 5.53. The number of thiol groups is 2. The molecule has 0 aliphatic carbocycles. The summed E-state index contributed by atoms with van der Waals surface area (Å²) in [5.74, 6) is -0.0807. The van der Waals surface area contributed by atoms with E-state index in [1.54, 1.807) is 0 Å². The zero-order valence-corrected chi connectivity index (χ0v) is 26.2. The van der Waals surface area contributed by atoms with Gasteiger partial charge >= 0.3 is 13.4 Å². The molecule has 0 radical (unpaired) electrons. The maximum atomic E-state index is 13.5. The van der Waals surface area contributed by atoms with Crippen LogP contribution in [-0.2, 0) is 27.7 Å². The number of fused-ring (bicyclic) bond motifs is 4. The van der Waals surface area contributed by atoms with Crippen molar-refractivity contribution in [1.82, 2.24) is 49.2 Å². The molecule has 242 valence electrons. The van der Waals surface area contributed by atoms with Gasteiger partial charge in [0, 0.05) is 0 Å². The average Bonchev–Trinajstić information content (AvgIpc) is 3.72. The van der Waals surface area contributed by atoms with E-state index in [0.717, 1.165) is 0 Å². The number of aliphatic hydroxyl groups is 2. The molecule has 3 aliphatic rings. The van der Waals surface area contributed by atoms with Crippen LogP contribution >= 0.6 is 37.9 Å². The molecule has 0 bridgehead atoms. The van der Waals surface area contributed by atoms with Crippen LogP contribution in [0.4, 0.5) is 11.8 Å². The molecular weight excluding hydrogens is 678 g/mol. The Morgan fingerprint density at radius 1 is 0.844 bits per heavy atom. The average molecular weight is 705 g/mol. The van der Waals surface area contributed by atoms with Crippen LogP contribution < -0.4 is 27.2 Å². The molecule has 21 nitrogen and oxygen atoms in total. The van der Waals surface area contributed by atoms with Crippen molar-refractivity contribution in [2.75, 3.05) is 24.7 Å². The Bertz CT molecular complexity index is 1940. The standard InChI is InChI=1S/C20H26N12O9P2S2/c21-14-10-15(24-3-23-14)31(4-25-10)18-12(33)8-6(40-18)1-38-43(37,45)30-9-7(2-39-42(36,44)29-8)41-19(13(9)34)32-5-26-11-16(32)27-20(22)28-17(11)35/h3-9,12-13,18-19,33-34H,1-2H2,(H2,21,23,24)(H2,29,36,44)(H2,30,37,45)(H3,22,27,28,35). The summed E-state index contributed by atoms with van der Waals surface area (Å²) >= 11 is 8.38. The minimum Gasteiger partial charge on any atom is -0.387 e. The van der Waals surface area contributed by atoms with Crippen molar-refractivity contribution in [3.8, 4) is 0 Å². The first-order valence-electron chi connectivity index (χ1n) is 13.1. The summed E-state index contributed by atoms with van der Waals surface area (Å²) in [5, 5.41) is 28.0. The number of imidazole rings is 2. The summed E-state index contributed by atoms with van der Waals surface area (Å²) in [5.41, 5.74) is 11.5. The van der Waals surface area contributed by atoms with Crippen molar-refractivity contribution in [1.29, 1.82) is 0 Å².